The van der Waals surface area contributed by atoms with E-state index in [0.717, 1.165) is 6.29 Å². The van der Waals surface area contributed by atoms with Gasteiger partial charge in [-0.3, -0.25) is 14.5 Å². The number of rotatable bonds is 7. The topological polar surface area (TPSA) is 130 Å². The lowest BCUT2D eigenvalue weighted by Gasteiger charge is -2.49. The molecule has 4 N–H and O–H groups in total. The molecule has 1 unspecified atom stereocenters. The predicted molar refractivity (Wildman–Crippen MR) is 83.2 cm³/mol. The number of β-lactam (4-membered cyclic amide) rings is 1. The van der Waals surface area contributed by atoms with Gasteiger partial charge in [0.05, 0.1) is 6.04 Å². The van der Waals surface area contributed by atoms with Crippen LogP contribution in [0.2, 0.25) is 0 Å². The molecular weight excluding hydrogens is 322 g/mol. The van der Waals surface area contributed by atoms with Crippen molar-refractivity contribution in [2.45, 2.75) is 43.6 Å². The van der Waals surface area contributed by atoms with Gasteiger partial charge in [-0.15, -0.1) is 11.8 Å². The van der Waals surface area contributed by atoms with Crippen molar-refractivity contribution in [3.8, 4) is 0 Å². The van der Waals surface area contributed by atoms with Crippen LogP contribution in [0.1, 0.15) is 26.2 Å². The second-order valence-electron chi connectivity index (χ2n) is 5.53. The molecule has 1 fully saturated rings. The number of fused-ring (bicyclic) bond motifs is 1. The van der Waals surface area contributed by atoms with Crippen molar-refractivity contribution in [3.05, 3.63) is 11.3 Å². The highest BCUT2D eigenvalue weighted by molar-refractivity contribution is 8.00. The normalized spacial score (nSPS) is 24.6. The number of carbonyl (C=O) groups excluding carboxylic acids is 3. The van der Waals surface area contributed by atoms with Crippen molar-refractivity contribution < 1.29 is 24.3 Å². The molecule has 126 valence electrons. The summed E-state index contributed by atoms with van der Waals surface area (Å²) < 4.78 is 0. The lowest BCUT2D eigenvalue weighted by molar-refractivity contribution is -0.150. The fraction of sp³-hybridized carbons (Fsp3) is 0.571. The first-order valence-electron chi connectivity index (χ1n) is 7.25. The van der Waals surface area contributed by atoms with Gasteiger partial charge in [0.15, 0.2) is 0 Å². The highest BCUT2D eigenvalue weighted by atomic mass is 32.2. The second kappa shape index (κ2) is 7.14. The summed E-state index contributed by atoms with van der Waals surface area (Å²) in [6.45, 7) is 1.68. The maximum atomic E-state index is 12.2. The Hall–Kier alpha value is -1.87. The molecule has 1 saturated heterocycles. The first kappa shape index (κ1) is 17.5. The van der Waals surface area contributed by atoms with Crippen LogP contribution in [-0.4, -0.2) is 57.3 Å². The molecule has 0 aromatic carbocycles. The molecule has 0 spiro atoms. The molecule has 2 aliphatic heterocycles. The Morgan fingerprint density at radius 3 is 2.87 bits per heavy atom. The Morgan fingerprint density at radius 2 is 2.26 bits per heavy atom. The number of hydrogen-bond donors (Lipinski definition) is 3. The Morgan fingerprint density at radius 1 is 1.57 bits per heavy atom. The Labute approximate surface area is 137 Å². The number of nitrogens with one attached hydrogen (secondary N) is 1. The van der Waals surface area contributed by atoms with Crippen molar-refractivity contribution in [1.29, 1.82) is 0 Å². The van der Waals surface area contributed by atoms with Gasteiger partial charge in [0, 0.05) is 12.2 Å². The predicted octanol–water partition coefficient (Wildman–Crippen LogP) is -0.559. The SMILES string of the molecule is CC1=C(C(=O)O)N2C(=O)[C@@H](NC(=O)C(N)CCCC=O)[C@@H]2SC1. The summed E-state index contributed by atoms with van der Waals surface area (Å²) in [4.78, 5) is 47.0. The molecular formula is C14H19N3O5S. The highest BCUT2D eigenvalue weighted by Crippen LogP contribution is 2.40. The minimum Gasteiger partial charge on any atom is -0.477 e. The Kier molecular flexibility index (Phi) is 5.42. The Bertz CT molecular complexity index is 577. The number of nitrogens with two attached hydrogens (primary N) is 1. The zero-order chi connectivity index (χ0) is 17.1. The van der Waals surface area contributed by atoms with Crippen molar-refractivity contribution in [2.75, 3.05) is 5.75 Å². The van der Waals surface area contributed by atoms with E-state index in [2.05, 4.69) is 5.32 Å². The van der Waals surface area contributed by atoms with Gasteiger partial charge in [-0.25, -0.2) is 4.79 Å². The minimum absolute atomic E-state index is 0.000435. The van der Waals surface area contributed by atoms with Crippen LogP contribution in [0.4, 0.5) is 0 Å². The number of thioether (sulfide) groups is 1. The van der Waals surface area contributed by atoms with E-state index in [0.29, 0.717) is 30.6 Å². The average molecular weight is 341 g/mol. The third-order valence-electron chi connectivity index (χ3n) is 3.83. The van der Waals surface area contributed by atoms with E-state index in [1.807, 2.05) is 0 Å². The van der Waals surface area contributed by atoms with Crippen molar-refractivity contribution >= 4 is 35.8 Å². The molecule has 2 rings (SSSR count). The molecule has 0 aromatic rings. The lowest BCUT2D eigenvalue weighted by Crippen LogP contribution is -2.71. The van der Waals surface area contributed by atoms with Gasteiger partial charge in [0.1, 0.15) is 23.4 Å². The van der Waals surface area contributed by atoms with Gasteiger partial charge >= 0.3 is 5.97 Å². The molecule has 0 saturated carbocycles. The fourth-order valence-electron chi connectivity index (χ4n) is 2.59. The molecule has 3 atom stereocenters. The van der Waals surface area contributed by atoms with Gasteiger partial charge in [0.25, 0.3) is 5.91 Å². The van der Waals surface area contributed by atoms with Crippen LogP contribution in [-0.2, 0) is 19.2 Å². The molecule has 8 nitrogen and oxygen atoms in total. The summed E-state index contributed by atoms with van der Waals surface area (Å²) >= 11 is 1.41. The summed E-state index contributed by atoms with van der Waals surface area (Å²) in [6.07, 6.45) is 1.96. The number of nitrogens with zero attached hydrogens (tertiary/aromatic N) is 1. The molecule has 0 aliphatic carbocycles. The highest BCUT2D eigenvalue weighted by Gasteiger charge is 2.53. The number of carbonyl (C=O) groups is 4. The van der Waals surface area contributed by atoms with Gasteiger partial charge in [-0.1, -0.05) is 0 Å². The molecule has 9 heteroatoms. The maximum absolute atomic E-state index is 12.2. The average Bonchev–Trinajstić information content (AvgIpc) is 2.51. The number of carboxylic acids is 1. The summed E-state index contributed by atoms with van der Waals surface area (Å²) in [5.74, 6) is -1.55. The van der Waals surface area contributed by atoms with Crippen LogP contribution >= 0.6 is 11.8 Å². The Balaban J connectivity index is 1.97. The monoisotopic (exact) mass is 341 g/mol. The van der Waals surface area contributed by atoms with Crippen molar-refractivity contribution in [2.24, 2.45) is 5.73 Å². The van der Waals surface area contributed by atoms with Crippen LogP contribution in [0, 0.1) is 0 Å². The molecule has 0 bridgehead atoms. The van der Waals surface area contributed by atoms with Crippen LogP contribution in [0.5, 0.6) is 0 Å². The van der Waals surface area contributed by atoms with Crippen LogP contribution in [0.15, 0.2) is 11.3 Å². The number of amides is 2. The maximum Gasteiger partial charge on any atom is 0.352 e. The standard InChI is InChI=1S/C14H19N3O5S/c1-7-6-23-13-9(12(20)17(13)10(7)14(21)22)16-11(19)8(15)4-2-3-5-18/h5,8-9,13H,2-4,6,15H2,1H3,(H,16,19)(H,21,22)/t8?,9-,13+/m1/s1. The zero-order valence-electron chi connectivity index (χ0n) is 12.7. The van der Waals surface area contributed by atoms with Crippen LogP contribution < -0.4 is 11.1 Å². The third-order valence-corrected chi connectivity index (χ3v) is 5.26. The molecule has 2 heterocycles. The van der Waals surface area contributed by atoms with Crippen molar-refractivity contribution in [3.63, 3.8) is 0 Å². The minimum atomic E-state index is -1.14. The van der Waals surface area contributed by atoms with E-state index in [1.54, 1.807) is 6.92 Å². The summed E-state index contributed by atoms with van der Waals surface area (Å²) in [7, 11) is 0. The number of aldehydes is 1. The van der Waals surface area contributed by atoms with E-state index >= 15 is 0 Å². The summed E-state index contributed by atoms with van der Waals surface area (Å²) in [5.41, 5.74) is 6.36. The number of hydrogen-bond acceptors (Lipinski definition) is 6. The van der Waals surface area contributed by atoms with Crippen LogP contribution in [0.25, 0.3) is 0 Å². The second-order valence-corrected chi connectivity index (χ2v) is 6.64. The molecule has 23 heavy (non-hydrogen) atoms. The van der Waals surface area contributed by atoms with E-state index in [4.69, 9.17) is 5.73 Å². The van der Waals surface area contributed by atoms with Gasteiger partial charge in [-0.2, -0.15) is 0 Å². The largest absolute Gasteiger partial charge is 0.477 e. The van der Waals surface area contributed by atoms with E-state index in [-0.39, 0.29) is 5.70 Å². The van der Waals surface area contributed by atoms with E-state index in [1.165, 1.54) is 16.7 Å². The molecule has 2 amide bonds. The van der Waals surface area contributed by atoms with Crippen LogP contribution in [0.3, 0.4) is 0 Å². The number of unbranched alkanes of at least 4 members (excludes halogenated alkanes) is 1. The third kappa shape index (κ3) is 3.40. The van der Waals surface area contributed by atoms with E-state index in [9.17, 15) is 24.3 Å². The first-order chi connectivity index (χ1) is 10.9. The molecule has 0 aromatic heterocycles. The van der Waals surface area contributed by atoms with Gasteiger partial charge < -0.3 is 21.0 Å². The fourth-order valence-corrected chi connectivity index (χ4v) is 3.88. The van der Waals surface area contributed by atoms with E-state index < -0.39 is 35.2 Å². The summed E-state index contributed by atoms with van der Waals surface area (Å²) in [5, 5.41) is 11.4. The molecule has 0 radical (unpaired) electrons. The summed E-state index contributed by atoms with van der Waals surface area (Å²) in [6, 6.07) is -1.55. The number of carboxylic acid groups (broad SMARTS) is 1. The first-order valence-corrected chi connectivity index (χ1v) is 8.30. The zero-order valence-corrected chi connectivity index (χ0v) is 13.5. The number of aliphatic carboxylic acids is 1. The van der Waals surface area contributed by atoms with Gasteiger partial charge in [-0.05, 0) is 25.3 Å². The lowest BCUT2D eigenvalue weighted by atomic mass is 10.0. The molecule has 2 aliphatic rings. The van der Waals surface area contributed by atoms with Gasteiger partial charge in [0.2, 0.25) is 5.91 Å². The van der Waals surface area contributed by atoms with Crippen molar-refractivity contribution in [1.82, 2.24) is 10.2 Å². The quantitative estimate of drug-likeness (QED) is 0.321. The smallest absolute Gasteiger partial charge is 0.352 e.